The second-order valence-electron chi connectivity index (χ2n) is 7.03. The minimum absolute atomic E-state index is 0.0304. The number of para-hydroxylation sites is 2. The van der Waals surface area contributed by atoms with E-state index < -0.39 is 0 Å². The summed E-state index contributed by atoms with van der Waals surface area (Å²) in [4.78, 5) is 2.38. The molecule has 2 fully saturated rings. The first kappa shape index (κ1) is 18.3. The van der Waals surface area contributed by atoms with E-state index in [1.807, 2.05) is 24.3 Å². The van der Waals surface area contributed by atoms with Crippen LogP contribution in [0.5, 0.6) is 11.5 Å². The minimum Gasteiger partial charge on any atom is -0.493 e. The fourth-order valence-corrected chi connectivity index (χ4v) is 3.83. The summed E-state index contributed by atoms with van der Waals surface area (Å²) < 4.78 is 22.9. The Balaban J connectivity index is 1.37. The van der Waals surface area contributed by atoms with E-state index >= 15 is 0 Å². The summed E-state index contributed by atoms with van der Waals surface area (Å²) in [6.07, 6.45) is 5.37. The van der Waals surface area contributed by atoms with Gasteiger partial charge in [0.25, 0.3) is 0 Å². The molecule has 1 aromatic carbocycles. The van der Waals surface area contributed by atoms with Crippen LogP contribution in [-0.4, -0.2) is 48.5 Å². The van der Waals surface area contributed by atoms with E-state index in [1.54, 1.807) is 7.11 Å². The highest BCUT2D eigenvalue weighted by Gasteiger charge is 2.30. The van der Waals surface area contributed by atoms with Gasteiger partial charge in [-0.2, -0.15) is 0 Å². The molecule has 27 heavy (non-hydrogen) atoms. The predicted molar refractivity (Wildman–Crippen MR) is 98.9 cm³/mol. The fraction of sp³-hybridized carbons (Fsp3) is 0.600. The van der Waals surface area contributed by atoms with Crippen molar-refractivity contribution in [2.75, 3.05) is 33.4 Å². The summed E-state index contributed by atoms with van der Waals surface area (Å²) >= 11 is 0. The zero-order chi connectivity index (χ0) is 18.5. The van der Waals surface area contributed by atoms with E-state index in [-0.39, 0.29) is 12.1 Å². The molecule has 0 radical (unpaired) electrons. The van der Waals surface area contributed by atoms with Gasteiger partial charge in [0.1, 0.15) is 12.7 Å². The fourth-order valence-electron chi connectivity index (χ4n) is 3.83. The Labute approximate surface area is 159 Å². The van der Waals surface area contributed by atoms with Crippen molar-refractivity contribution in [3.05, 3.63) is 36.0 Å². The number of hydrogen-bond acceptors (Lipinski definition) is 7. The van der Waals surface area contributed by atoms with Gasteiger partial charge in [-0.15, -0.1) is 10.2 Å². The van der Waals surface area contributed by atoms with Crippen molar-refractivity contribution in [2.24, 2.45) is 0 Å². The molecule has 0 aliphatic carbocycles. The number of nitrogens with zero attached hydrogens (tertiary/aromatic N) is 3. The summed E-state index contributed by atoms with van der Waals surface area (Å²) in [5, 5.41) is 8.57. The molecule has 2 saturated heterocycles. The second kappa shape index (κ2) is 8.71. The van der Waals surface area contributed by atoms with E-state index in [0.29, 0.717) is 18.4 Å². The third kappa shape index (κ3) is 4.25. The maximum Gasteiger partial charge on any atom is 0.245 e. The highest BCUT2D eigenvalue weighted by molar-refractivity contribution is 5.39. The van der Waals surface area contributed by atoms with E-state index in [2.05, 4.69) is 15.1 Å². The van der Waals surface area contributed by atoms with Crippen molar-refractivity contribution in [2.45, 2.75) is 44.2 Å². The van der Waals surface area contributed by atoms with Gasteiger partial charge in [0.15, 0.2) is 11.5 Å². The smallest absolute Gasteiger partial charge is 0.245 e. The number of likely N-dealkylation sites (tertiary alicyclic amines) is 1. The number of rotatable bonds is 7. The van der Waals surface area contributed by atoms with Gasteiger partial charge in [-0.05, 0) is 44.4 Å². The molecule has 2 aliphatic heterocycles. The van der Waals surface area contributed by atoms with Gasteiger partial charge in [0.05, 0.1) is 13.2 Å². The highest BCUT2D eigenvalue weighted by atomic mass is 16.5. The third-order valence-corrected chi connectivity index (χ3v) is 5.27. The Morgan fingerprint density at radius 1 is 1.07 bits per heavy atom. The first-order valence-electron chi connectivity index (χ1n) is 9.80. The summed E-state index contributed by atoms with van der Waals surface area (Å²) in [5.74, 6) is 2.86. The zero-order valence-corrected chi connectivity index (χ0v) is 15.8. The van der Waals surface area contributed by atoms with E-state index in [9.17, 15) is 0 Å². The van der Waals surface area contributed by atoms with Crippen molar-refractivity contribution < 1.29 is 18.6 Å². The van der Waals surface area contributed by atoms with Crippen molar-refractivity contribution in [3.8, 4) is 11.5 Å². The number of aromatic nitrogens is 2. The van der Waals surface area contributed by atoms with Gasteiger partial charge in [-0.1, -0.05) is 18.6 Å². The average molecular weight is 373 g/mol. The molecule has 2 aromatic rings. The molecule has 0 bridgehead atoms. The lowest BCUT2D eigenvalue weighted by Crippen LogP contribution is -2.36. The molecule has 0 saturated carbocycles. The monoisotopic (exact) mass is 373 g/mol. The lowest BCUT2D eigenvalue weighted by molar-refractivity contribution is 0.0774. The Bertz CT molecular complexity index is 730. The van der Waals surface area contributed by atoms with Crippen LogP contribution in [0.1, 0.15) is 56.0 Å². The Kier molecular flexibility index (Phi) is 5.89. The van der Waals surface area contributed by atoms with E-state index in [1.165, 1.54) is 12.8 Å². The lowest BCUT2D eigenvalue weighted by Gasteiger charge is -2.33. The Hall–Kier alpha value is -2.12. The second-order valence-corrected chi connectivity index (χ2v) is 7.03. The van der Waals surface area contributed by atoms with Crippen molar-refractivity contribution in [1.82, 2.24) is 15.1 Å². The van der Waals surface area contributed by atoms with Gasteiger partial charge in [-0.3, -0.25) is 4.90 Å². The Morgan fingerprint density at radius 2 is 1.93 bits per heavy atom. The first-order chi connectivity index (χ1) is 13.3. The normalized spacial score (nSPS) is 23.4. The van der Waals surface area contributed by atoms with Crippen molar-refractivity contribution in [1.29, 1.82) is 0 Å². The molecule has 146 valence electrons. The third-order valence-electron chi connectivity index (χ3n) is 5.27. The van der Waals surface area contributed by atoms with Crippen LogP contribution in [0, 0.1) is 0 Å². The van der Waals surface area contributed by atoms with Crippen LogP contribution >= 0.6 is 0 Å². The molecule has 3 heterocycles. The van der Waals surface area contributed by atoms with Crippen LogP contribution in [-0.2, 0) is 4.74 Å². The number of ether oxygens (including phenoxy) is 3. The van der Waals surface area contributed by atoms with Gasteiger partial charge in [0.2, 0.25) is 11.8 Å². The zero-order valence-electron chi connectivity index (χ0n) is 15.8. The van der Waals surface area contributed by atoms with Gasteiger partial charge < -0.3 is 18.6 Å². The SMILES string of the molecule is COc1ccccc1OCCN1CCCC[C@H]1c1nnc([C@H]2CCCO2)o1. The molecule has 7 heteroatoms. The largest absolute Gasteiger partial charge is 0.493 e. The number of hydrogen-bond donors (Lipinski definition) is 0. The van der Waals surface area contributed by atoms with Crippen LogP contribution in [0.25, 0.3) is 0 Å². The van der Waals surface area contributed by atoms with Crippen LogP contribution < -0.4 is 9.47 Å². The highest BCUT2D eigenvalue weighted by Crippen LogP contribution is 2.33. The molecule has 1 aromatic heterocycles. The maximum absolute atomic E-state index is 5.99. The minimum atomic E-state index is -0.0304. The molecular formula is C20H27N3O4. The van der Waals surface area contributed by atoms with Crippen molar-refractivity contribution >= 4 is 0 Å². The van der Waals surface area contributed by atoms with Crippen LogP contribution in [0.4, 0.5) is 0 Å². The number of piperidine rings is 1. The molecular weight excluding hydrogens is 346 g/mol. The predicted octanol–water partition coefficient (Wildman–Crippen LogP) is 3.54. The van der Waals surface area contributed by atoms with Gasteiger partial charge in [0, 0.05) is 13.2 Å². The average Bonchev–Trinajstić information content (AvgIpc) is 3.40. The van der Waals surface area contributed by atoms with Gasteiger partial charge in [-0.25, -0.2) is 0 Å². The topological polar surface area (TPSA) is 69.9 Å². The summed E-state index contributed by atoms with van der Waals surface area (Å²) in [6, 6.07) is 7.88. The molecule has 0 N–H and O–H groups in total. The van der Waals surface area contributed by atoms with Crippen LogP contribution in [0.3, 0.4) is 0 Å². The number of methoxy groups -OCH3 is 1. The summed E-state index contributed by atoms with van der Waals surface area (Å²) in [5.41, 5.74) is 0. The van der Waals surface area contributed by atoms with E-state index in [4.69, 9.17) is 18.6 Å². The first-order valence-corrected chi connectivity index (χ1v) is 9.80. The van der Waals surface area contributed by atoms with E-state index in [0.717, 1.165) is 50.5 Å². The molecule has 0 unspecified atom stereocenters. The molecule has 2 atom stereocenters. The Morgan fingerprint density at radius 3 is 2.74 bits per heavy atom. The quantitative estimate of drug-likeness (QED) is 0.735. The molecule has 7 nitrogen and oxygen atoms in total. The van der Waals surface area contributed by atoms with Gasteiger partial charge >= 0.3 is 0 Å². The summed E-state index contributed by atoms with van der Waals surface area (Å²) in [7, 11) is 1.66. The van der Waals surface area contributed by atoms with Crippen LogP contribution in [0.15, 0.2) is 28.7 Å². The summed E-state index contributed by atoms with van der Waals surface area (Å²) in [6.45, 7) is 3.18. The molecule has 4 rings (SSSR count). The lowest BCUT2D eigenvalue weighted by atomic mass is 10.0. The number of benzene rings is 1. The van der Waals surface area contributed by atoms with Crippen LogP contribution in [0.2, 0.25) is 0 Å². The van der Waals surface area contributed by atoms with Crippen molar-refractivity contribution in [3.63, 3.8) is 0 Å². The standard InChI is InChI=1S/C20H27N3O4/c1-24-16-8-2-3-9-17(16)26-14-12-23-11-5-4-7-15(23)19-21-22-20(27-19)18-10-6-13-25-18/h2-3,8-9,15,18H,4-7,10-14H2,1H3/t15-,18+/m0/s1. The molecule has 0 amide bonds. The molecule has 0 spiro atoms. The maximum atomic E-state index is 5.99. The molecule has 2 aliphatic rings.